The van der Waals surface area contributed by atoms with Crippen molar-refractivity contribution in [1.82, 2.24) is 10.3 Å². The van der Waals surface area contributed by atoms with Gasteiger partial charge in [-0.05, 0) is 11.8 Å². The molecule has 1 aliphatic rings. The second kappa shape index (κ2) is 5.42. The van der Waals surface area contributed by atoms with Crippen molar-refractivity contribution in [2.24, 2.45) is 23.7 Å². The predicted molar refractivity (Wildman–Crippen MR) is 66.2 cm³/mol. The number of nitrogens with one attached hydrogen (secondary N) is 1. The molecule has 0 spiro atoms. The summed E-state index contributed by atoms with van der Waals surface area (Å²) in [6.07, 6.45) is 3.45. The highest BCUT2D eigenvalue weighted by Gasteiger charge is 2.52. The summed E-state index contributed by atoms with van der Waals surface area (Å²) in [5.41, 5.74) is 0.769. The van der Waals surface area contributed by atoms with Crippen LogP contribution in [0.2, 0.25) is 0 Å². The molecule has 0 aromatic carbocycles. The number of carbonyl (C=O) groups excluding carboxylic acids is 1. The Kier molecular flexibility index (Phi) is 3.87. The fourth-order valence-corrected chi connectivity index (χ4v) is 2.74. The van der Waals surface area contributed by atoms with Crippen LogP contribution in [0.4, 0.5) is 0 Å². The molecular formula is C13H18N2O4. The minimum Gasteiger partial charge on any atom is -0.481 e. The van der Waals surface area contributed by atoms with E-state index in [0.29, 0.717) is 13.0 Å². The molecule has 0 bridgehead atoms. The number of rotatable bonds is 5. The molecule has 1 aromatic rings. The number of hydrogen-bond acceptors (Lipinski definition) is 4. The molecule has 2 N–H and O–H groups in total. The third-order valence-corrected chi connectivity index (χ3v) is 4.10. The van der Waals surface area contributed by atoms with Gasteiger partial charge < -0.3 is 14.8 Å². The first kappa shape index (κ1) is 13.6. The first-order valence-electron chi connectivity index (χ1n) is 6.40. The van der Waals surface area contributed by atoms with Crippen LogP contribution in [0.5, 0.6) is 0 Å². The van der Waals surface area contributed by atoms with Gasteiger partial charge in [-0.1, -0.05) is 13.8 Å². The molecule has 104 valence electrons. The number of hydrogen-bond donors (Lipinski definition) is 2. The van der Waals surface area contributed by atoms with Gasteiger partial charge in [0, 0.05) is 13.0 Å². The van der Waals surface area contributed by atoms with E-state index in [-0.39, 0.29) is 17.7 Å². The lowest BCUT2D eigenvalue weighted by Gasteiger charge is -2.45. The number of carboxylic acids is 1. The summed E-state index contributed by atoms with van der Waals surface area (Å²) in [5.74, 6) is -1.91. The normalized spacial score (nSPS) is 29.6. The van der Waals surface area contributed by atoms with E-state index in [1.807, 2.05) is 13.8 Å². The zero-order valence-corrected chi connectivity index (χ0v) is 11.0. The van der Waals surface area contributed by atoms with Crippen molar-refractivity contribution in [3.05, 3.63) is 18.4 Å². The molecule has 1 aromatic heterocycles. The van der Waals surface area contributed by atoms with E-state index in [4.69, 9.17) is 9.52 Å². The van der Waals surface area contributed by atoms with E-state index in [0.717, 1.165) is 5.69 Å². The fourth-order valence-electron chi connectivity index (χ4n) is 2.74. The molecule has 1 fully saturated rings. The Morgan fingerprint density at radius 1 is 1.37 bits per heavy atom. The first-order valence-corrected chi connectivity index (χ1v) is 6.40. The maximum atomic E-state index is 12.0. The summed E-state index contributed by atoms with van der Waals surface area (Å²) in [6, 6.07) is 0. The van der Waals surface area contributed by atoms with Gasteiger partial charge in [0.2, 0.25) is 5.91 Å². The monoisotopic (exact) mass is 266 g/mol. The van der Waals surface area contributed by atoms with Gasteiger partial charge in [-0.3, -0.25) is 9.59 Å². The van der Waals surface area contributed by atoms with Crippen LogP contribution in [0.25, 0.3) is 0 Å². The molecule has 0 saturated heterocycles. The second-order valence-electron chi connectivity index (χ2n) is 5.13. The number of aliphatic carboxylic acids is 1. The van der Waals surface area contributed by atoms with Crippen molar-refractivity contribution >= 4 is 11.9 Å². The van der Waals surface area contributed by atoms with Gasteiger partial charge >= 0.3 is 5.97 Å². The molecule has 2 unspecified atom stereocenters. The minimum absolute atomic E-state index is 0.0452. The average Bonchev–Trinajstić information content (AvgIpc) is 2.86. The summed E-state index contributed by atoms with van der Waals surface area (Å²) in [5, 5.41) is 11.9. The lowest BCUT2D eigenvalue weighted by Crippen LogP contribution is -2.55. The van der Waals surface area contributed by atoms with Crippen molar-refractivity contribution in [2.75, 3.05) is 6.54 Å². The molecule has 1 saturated carbocycles. The lowest BCUT2D eigenvalue weighted by molar-refractivity contribution is -0.163. The van der Waals surface area contributed by atoms with Crippen molar-refractivity contribution in [2.45, 2.75) is 20.3 Å². The van der Waals surface area contributed by atoms with Gasteiger partial charge in [-0.25, -0.2) is 4.98 Å². The third kappa shape index (κ3) is 2.62. The van der Waals surface area contributed by atoms with Crippen LogP contribution in [0.3, 0.4) is 0 Å². The summed E-state index contributed by atoms with van der Waals surface area (Å²) >= 11 is 0. The molecule has 2 rings (SSSR count). The van der Waals surface area contributed by atoms with Gasteiger partial charge in [0.25, 0.3) is 0 Å². The molecule has 1 heterocycles. The topological polar surface area (TPSA) is 92.4 Å². The van der Waals surface area contributed by atoms with E-state index in [9.17, 15) is 9.59 Å². The Labute approximate surface area is 111 Å². The zero-order chi connectivity index (χ0) is 14.0. The molecule has 1 aliphatic carbocycles. The smallest absolute Gasteiger partial charge is 0.307 e. The molecule has 6 nitrogen and oxygen atoms in total. The Balaban J connectivity index is 1.84. The highest BCUT2D eigenvalue weighted by atomic mass is 16.4. The standard InChI is InChI=1S/C13H18N2O4/c1-7-8(2)11(13(17)18)10(7)12(16)14-4-3-9-5-19-6-15-9/h5-8,10-11H,3-4H2,1-2H3,(H,14,16)(H,17,18)/t7?,8?,10-,11+/m0/s1. The molecule has 19 heavy (non-hydrogen) atoms. The first-order chi connectivity index (χ1) is 9.02. The predicted octanol–water partition coefficient (Wildman–Crippen LogP) is 0.936. The van der Waals surface area contributed by atoms with Crippen LogP contribution in [0.15, 0.2) is 17.1 Å². The van der Waals surface area contributed by atoms with Crippen molar-refractivity contribution < 1.29 is 19.1 Å². The van der Waals surface area contributed by atoms with E-state index in [1.54, 1.807) is 0 Å². The zero-order valence-electron chi connectivity index (χ0n) is 11.0. The number of amides is 1. The third-order valence-electron chi connectivity index (χ3n) is 4.10. The summed E-state index contributed by atoms with van der Waals surface area (Å²) < 4.78 is 4.83. The molecule has 0 radical (unpaired) electrons. The Bertz CT molecular complexity index is 457. The number of oxazole rings is 1. The van der Waals surface area contributed by atoms with Crippen LogP contribution < -0.4 is 5.32 Å². The SMILES string of the molecule is CC1C(C)[C@H](C(=O)NCCc2cocn2)[C@@H]1C(=O)O. The minimum atomic E-state index is -0.887. The molecule has 4 atom stereocenters. The Hall–Kier alpha value is -1.85. The van der Waals surface area contributed by atoms with Crippen LogP contribution in [0.1, 0.15) is 19.5 Å². The molecular weight excluding hydrogens is 248 g/mol. The van der Waals surface area contributed by atoms with Crippen molar-refractivity contribution in [1.29, 1.82) is 0 Å². The van der Waals surface area contributed by atoms with Gasteiger partial charge in [-0.15, -0.1) is 0 Å². The molecule has 0 aliphatic heterocycles. The van der Waals surface area contributed by atoms with Gasteiger partial charge in [0.1, 0.15) is 6.26 Å². The average molecular weight is 266 g/mol. The summed E-state index contributed by atoms with van der Waals surface area (Å²) in [6.45, 7) is 4.24. The number of aromatic nitrogens is 1. The number of nitrogens with zero attached hydrogens (tertiary/aromatic N) is 1. The lowest BCUT2D eigenvalue weighted by atomic mass is 9.57. The van der Waals surface area contributed by atoms with Gasteiger partial charge in [0.05, 0.1) is 17.5 Å². The van der Waals surface area contributed by atoms with Crippen LogP contribution >= 0.6 is 0 Å². The Morgan fingerprint density at radius 2 is 2.05 bits per heavy atom. The van der Waals surface area contributed by atoms with Crippen molar-refractivity contribution in [3.8, 4) is 0 Å². The maximum Gasteiger partial charge on any atom is 0.307 e. The summed E-state index contributed by atoms with van der Waals surface area (Å²) in [7, 11) is 0. The van der Waals surface area contributed by atoms with Crippen molar-refractivity contribution in [3.63, 3.8) is 0 Å². The highest BCUT2D eigenvalue weighted by Crippen LogP contribution is 2.45. The van der Waals surface area contributed by atoms with Crippen LogP contribution in [-0.2, 0) is 16.0 Å². The van der Waals surface area contributed by atoms with Gasteiger partial charge in [0.15, 0.2) is 6.39 Å². The summed E-state index contributed by atoms with van der Waals surface area (Å²) in [4.78, 5) is 27.1. The second-order valence-corrected chi connectivity index (χ2v) is 5.13. The van der Waals surface area contributed by atoms with E-state index >= 15 is 0 Å². The highest BCUT2D eigenvalue weighted by molar-refractivity contribution is 5.87. The van der Waals surface area contributed by atoms with Crippen LogP contribution in [-0.4, -0.2) is 28.5 Å². The van der Waals surface area contributed by atoms with Gasteiger partial charge in [-0.2, -0.15) is 0 Å². The Morgan fingerprint density at radius 3 is 2.63 bits per heavy atom. The largest absolute Gasteiger partial charge is 0.481 e. The fraction of sp³-hybridized carbons (Fsp3) is 0.615. The van der Waals surface area contributed by atoms with E-state index in [2.05, 4.69) is 10.3 Å². The molecule has 1 amide bonds. The van der Waals surface area contributed by atoms with E-state index in [1.165, 1.54) is 12.7 Å². The number of carboxylic acid groups (broad SMARTS) is 1. The number of carbonyl (C=O) groups is 2. The molecule has 6 heteroatoms. The van der Waals surface area contributed by atoms with E-state index < -0.39 is 17.8 Å². The van der Waals surface area contributed by atoms with Crippen LogP contribution in [0, 0.1) is 23.7 Å². The maximum absolute atomic E-state index is 12.0. The quantitative estimate of drug-likeness (QED) is 0.827.